The zero-order valence-electron chi connectivity index (χ0n) is 38.2. The Morgan fingerprint density at radius 2 is 0.701 bits per heavy atom. The maximum Gasteiger partial charge on any atom is 0.157 e. The largest absolute Gasteiger partial charge is 1.00 e. The lowest BCUT2D eigenvalue weighted by Crippen LogP contribution is -3.00. The number of benzene rings is 6. The van der Waals surface area contributed by atoms with Crippen LogP contribution in [0, 0.1) is 0 Å². The van der Waals surface area contributed by atoms with Crippen LogP contribution >= 0.6 is 7.26 Å². The lowest BCUT2D eigenvalue weighted by molar-refractivity contribution is -0.0000183. The van der Waals surface area contributed by atoms with Crippen LogP contribution in [-0.4, -0.2) is 30.6 Å². The Morgan fingerprint density at radius 3 is 1.06 bits per heavy atom. The molecular weight excluding hydrogens is 916 g/mol. The number of phenolic OH excluding ortho intramolecular Hbond substituents is 6. The molecule has 6 aromatic carbocycles. The molecule has 6 nitrogen and oxygen atoms in total. The van der Waals surface area contributed by atoms with E-state index in [0.717, 1.165) is 45.1 Å². The van der Waals surface area contributed by atoms with Gasteiger partial charge in [0.25, 0.3) is 0 Å². The van der Waals surface area contributed by atoms with Crippen molar-refractivity contribution < 1.29 is 47.6 Å². The highest BCUT2D eigenvalue weighted by molar-refractivity contribution is 7.95. The van der Waals surface area contributed by atoms with Crippen molar-refractivity contribution in [1.82, 2.24) is 0 Å². The van der Waals surface area contributed by atoms with E-state index in [1.54, 1.807) is 24.3 Å². The van der Waals surface area contributed by atoms with E-state index in [2.05, 4.69) is 72.8 Å². The number of hydrogen-bond donors (Lipinski definition) is 6. The summed E-state index contributed by atoms with van der Waals surface area (Å²) >= 11 is 0. The van der Waals surface area contributed by atoms with E-state index in [1.807, 2.05) is 137 Å². The van der Waals surface area contributed by atoms with Gasteiger partial charge in [0.1, 0.15) is 23.2 Å². The van der Waals surface area contributed by atoms with Crippen LogP contribution in [-0.2, 0) is 6.16 Å². The maximum atomic E-state index is 10.1. The maximum absolute atomic E-state index is 10.1. The third kappa shape index (κ3) is 16.3. The fourth-order valence-electron chi connectivity index (χ4n) is 6.79. The first kappa shape index (κ1) is 52.3. The molecule has 0 aliphatic rings. The molecule has 342 valence electrons. The Kier molecular flexibility index (Phi) is 20.8. The molecule has 8 heteroatoms. The van der Waals surface area contributed by atoms with Crippen LogP contribution in [0.3, 0.4) is 0 Å². The van der Waals surface area contributed by atoms with Gasteiger partial charge in [0.15, 0.2) is 34.5 Å². The smallest absolute Gasteiger partial charge is 0.157 e. The molecule has 0 aliphatic carbocycles. The molecule has 0 fully saturated rings. The summed E-state index contributed by atoms with van der Waals surface area (Å²) in [7, 11) is -2.00. The van der Waals surface area contributed by atoms with Gasteiger partial charge in [0.2, 0.25) is 0 Å². The molecule has 0 amide bonds. The van der Waals surface area contributed by atoms with Gasteiger partial charge in [-0.15, -0.1) is 0 Å². The van der Waals surface area contributed by atoms with Crippen LogP contribution in [0.2, 0.25) is 0 Å². The second-order valence-electron chi connectivity index (χ2n) is 15.7. The highest BCUT2D eigenvalue weighted by Crippen LogP contribution is 2.58. The van der Waals surface area contributed by atoms with E-state index in [9.17, 15) is 30.6 Å². The third-order valence-corrected chi connectivity index (χ3v) is 14.8. The molecule has 67 heavy (non-hydrogen) atoms. The average molecular weight is 974 g/mol. The molecule has 6 N–H and O–H groups in total. The number of aromatic hydroxyl groups is 6. The predicted octanol–water partition coefficient (Wildman–Crippen LogP) is 10.3. The molecule has 0 heterocycles. The number of phenols is 6. The zero-order chi connectivity index (χ0) is 47.3. The van der Waals surface area contributed by atoms with E-state index in [4.69, 9.17) is 0 Å². The molecule has 6 aromatic rings. The molecule has 0 atom stereocenters. The Hall–Kier alpha value is -7.31. The Balaban J connectivity index is 0.000000300. The minimum Gasteiger partial charge on any atom is -1.00 e. The summed E-state index contributed by atoms with van der Waals surface area (Å²) in [4.78, 5) is 0. The predicted molar refractivity (Wildman–Crippen MR) is 279 cm³/mol. The summed E-state index contributed by atoms with van der Waals surface area (Å²) in [5.74, 6) is -0.683. The first-order valence-electron chi connectivity index (χ1n) is 21.5. The number of halogens is 1. The lowest BCUT2D eigenvalue weighted by Gasteiger charge is -2.28. The van der Waals surface area contributed by atoms with Crippen LogP contribution in [0.15, 0.2) is 241 Å². The standard InChI is InChI=1S/C34H36O4.C25H21O2P.BrH/c1-25(11-7-13-27(3)15-17-29-19-21-31(35)33(37)23-29)9-5-6-10-26(2)12-8-14-28(4)16-18-30-20-22-32(36)34(38)24-30;26-24-17-16-20(18-25(24)27)19-28(21-10-4-1-5-11-21,22-12-6-2-7-13-22)23-14-8-3-9-15-23;/h5-24,35-38H,1-4H3;1-18H,19H2,(H-,26,27);1H/b6-5+,11-7+,12-8+,17-15+,18-16+,25-9+,26-10+,27-13+,28-14+;;. The number of allylic oxidation sites excluding steroid dienone is 16. The molecule has 0 unspecified atom stereocenters. The minimum absolute atomic E-state index is 0. The molecule has 0 radical (unpaired) electrons. The molecule has 6 rings (SSSR count). The van der Waals surface area contributed by atoms with Crippen molar-refractivity contribution in [2.45, 2.75) is 33.9 Å². The number of hydrogen-bond acceptors (Lipinski definition) is 6. The Labute approximate surface area is 406 Å². The molecule has 0 saturated heterocycles. The van der Waals surface area contributed by atoms with Crippen molar-refractivity contribution in [2.75, 3.05) is 0 Å². The molecule has 0 bridgehead atoms. The van der Waals surface area contributed by atoms with Gasteiger partial charge in [-0.3, -0.25) is 0 Å². The highest BCUT2D eigenvalue weighted by Gasteiger charge is 2.45. The van der Waals surface area contributed by atoms with Crippen LogP contribution in [0.25, 0.3) is 12.2 Å². The Morgan fingerprint density at radius 1 is 0.373 bits per heavy atom. The normalized spacial score (nSPS) is 12.8. The van der Waals surface area contributed by atoms with Crippen LogP contribution in [0.5, 0.6) is 34.5 Å². The Bertz CT molecular complexity index is 2610. The molecule has 0 saturated carbocycles. The summed E-state index contributed by atoms with van der Waals surface area (Å²) in [6.45, 7) is 8.07. The van der Waals surface area contributed by atoms with Gasteiger partial charge in [-0.2, -0.15) is 0 Å². The van der Waals surface area contributed by atoms with Crippen LogP contribution in [0.4, 0.5) is 0 Å². The van der Waals surface area contributed by atoms with E-state index < -0.39 is 7.26 Å². The summed E-state index contributed by atoms with van der Waals surface area (Å²) in [6.07, 6.45) is 28.6. The van der Waals surface area contributed by atoms with Gasteiger partial charge in [-0.05, 0) is 117 Å². The summed E-state index contributed by atoms with van der Waals surface area (Å²) in [6, 6.07) is 46.5. The van der Waals surface area contributed by atoms with Gasteiger partial charge in [-0.1, -0.05) is 180 Å². The zero-order valence-corrected chi connectivity index (χ0v) is 40.6. The van der Waals surface area contributed by atoms with Crippen molar-refractivity contribution in [3.8, 4) is 34.5 Å². The summed E-state index contributed by atoms with van der Waals surface area (Å²) in [5.41, 5.74) is 6.97. The second-order valence-corrected chi connectivity index (χ2v) is 19.2. The van der Waals surface area contributed by atoms with Gasteiger partial charge < -0.3 is 47.6 Å². The van der Waals surface area contributed by atoms with Crippen molar-refractivity contribution in [2.24, 2.45) is 0 Å². The fraction of sp³-hybridized carbons (Fsp3) is 0.0847. The topological polar surface area (TPSA) is 121 Å². The van der Waals surface area contributed by atoms with Crippen molar-refractivity contribution >= 4 is 35.3 Å². The van der Waals surface area contributed by atoms with E-state index in [0.29, 0.717) is 0 Å². The van der Waals surface area contributed by atoms with Gasteiger partial charge in [-0.25, -0.2) is 0 Å². The third-order valence-electron chi connectivity index (χ3n) is 10.4. The van der Waals surface area contributed by atoms with E-state index in [-0.39, 0.29) is 51.5 Å². The van der Waals surface area contributed by atoms with Crippen molar-refractivity contribution in [1.29, 1.82) is 0 Å². The van der Waals surface area contributed by atoms with Crippen molar-refractivity contribution in [3.05, 3.63) is 257 Å². The van der Waals surface area contributed by atoms with Crippen molar-refractivity contribution in [3.63, 3.8) is 0 Å². The quantitative estimate of drug-likeness (QED) is 0.0346. The van der Waals surface area contributed by atoms with Crippen LogP contribution < -0.4 is 32.9 Å². The molecule has 0 aliphatic heterocycles. The molecular formula is C59H58BrO6P. The second kappa shape index (κ2) is 26.6. The lowest BCUT2D eigenvalue weighted by atomic mass is 10.1. The van der Waals surface area contributed by atoms with Crippen LogP contribution in [0.1, 0.15) is 44.4 Å². The van der Waals surface area contributed by atoms with E-state index in [1.165, 1.54) is 40.2 Å². The number of rotatable bonds is 15. The monoisotopic (exact) mass is 972 g/mol. The molecule has 0 aromatic heterocycles. The minimum atomic E-state index is -2.00. The first-order chi connectivity index (χ1) is 31.8. The fourth-order valence-corrected chi connectivity index (χ4v) is 11.0. The average Bonchev–Trinajstić information content (AvgIpc) is 3.32. The molecule has 0 spiro atoms. The first-order valence-corrected chi connectivity index (χ1v) is 23.5. The van der Waals surface area contributed by atoms with Gasteiger partial charge in [0.05, 0.1) is 6.16 Å². The van der Waals surface area contributed by atoms with E-state index >= 15 is 0 Å². The summed E-state index contributed by atoms with van der Waals surface area (Å²) in [5, 5.41) is 61.6. The van der Waals surface area contributed by atoms with Gasteiger partial charge in [0, 0.05) is 0 Å². The summed E-state index contributed by atoms with van der Waals surface area (Å²) < 4.78 is 0. The van der Waals surface area contributed by atoms with Gasteiger partial charge >= 0.3 is 0 Å². The highest BCUT2D eigenvalue weighted by atomic mass is 79.9. The SMILES string of the molecule is CC(/C=C/C=C(C)/C=C/c1ccc(O)c(O)c1)=C\C=C\C=C(C)\C=C\C=C(C)\C=C\c1ccc(O)c(O)c1.Oc1ccc(C[P+](c2ccccc2)(c2ccccc2)c2ccccc2)cc1O.[Br-].